The number of unbranched alkanes of at least 4 members (excludes halogenated alkanes) is 6. The number of ether oxygens (including phenoxy) is 7. The van der Waals surface area contributed by atoms with E-state index in [4.69, 9.17) is 33.2 Å². The van der Waals surface area contributed by atoms with Crippen molar-refractivity contribution in [3.05, 3.63) is 0 Å². The number of alkyl carbamates (subject to hydrolysis) is 2. The highest BCUT2D eigenvalue weighted by molar-refractivity contribution is 5.71. The summed E-state index contributed by atoms with van der Waals surface area (Å²) in [4.78, 5) is 61.7. The summed E-state index contributed by atoms with van der Waals surface area (Å²) in [6.07, 6.45) is -4.31. The number of hydrogen-bond acceptors (Lipinski definition) is 19. The molecule has 2 heterocycles. The zero-order valence-corrected chi connectivity index (χ0v) is 39.9. The lowest BCUT2D eigenvalue weighted by atomic mass is 9.98. The molecular weight excluding hydrogens is 856 g/mol. The van der Waals surface area contributed by atoms with Crippen LogP contribution in [0, 0.1) is 0 Å². The maximum absolute atomic E-state index is 12.5. The van der Waals surface area contributed by atoms with Crippen molar-refractivity contribution in [3.8, 4) is 0 Å². The average Bonchev–Trinajstić information content (AvgIpc) is 3.24. The van der Waals surface area contributed by atoms with Gasteiger partial charge >= 0.3 is 30.0 Å². The first-order valence-corrected chi connectivity index (χ1v) is 23.7. The van der Waals surface area contributed by atoms with E-state index in [0.29, 0.717) is 51.6 Å². The highest BCUT2D eigenvalue weighted by Gasteiger charge is 2.50. The molecule has 1 amide bonds. The molecule has 0 bridgehead atoms. The standard InChI is InChI=1S/C25H45NO10.C20H37NO8/c1-6-8-14-26(24(32)36-25(3,4)5)15-11-9-10-13-19(29)35-22-21(34-18(28)12-7-2)20(30)17(16-27)33-23(22)31;1-3-5-11-21-12-8-6-7-10-16(24)29-19-18(28-15(23)9-4-2)17(25)14(13-22)27-20(19)26/h17,20-23,27,30-31H,6-16H2,1-5H3;14,17-22,25-26H,3-13H2,1-2H3/p+1/t17?,20-,21+,22?,23-;14?,17-,18+,19?,20-/m11/s1. The summed E-state index contributed by atoms with van der Waals surface area (Å²) in [6, 6.07) is 0. The van der Waals surface area contributed by atoms with Crippen molar-refractivity contribution in [1.82, 2.24) is 5.32 Å². The van der Waals surface area contributed by atoms with Crippen molar-refractivity contribution >= 4 is 30.0 Å². The van der Waals surface area contributed by atoms with Crippen LogP contribution in [-0.4, -0.2) is 167 Å². The minimum absolute atomic E-state index is 0.0368. The topological polar surface area (TPSA) is 288 Å². The maximum Gasteiger partial charge on any atom is 0.514 e. The number of carbonyl (C=O) groups is 5. The molecule has 380 valence electrons. The number of aliphatic hydroxyl groups is 6. The van der Waals surface area contributed by atoms with Gasteiger partial charge in [0.2, 0.25) is 0 Å². The third-order valence-electron chi connectivity index (χ3n) is 10.4. The zero-order chi connectivity index (χ0) is 49.0. The lowest BCUT2D eigenvalue weighted by molar-refractivity contribution is -0.825. The van der Waals surface area contributed by atoms with Gasteiger partial charge in [0.15, 0.2) is 37.0 Å². The molecule has 65 heavy (non-hydrogen) atoms. The Kier molecular flexibility index (Phi) is 30.8. The molecular formula is C45H83N2O18+. The number of aliphatic hydroxyl groups excluding tert-OH is 6. The van der Waals surface area contributed by atoms with Gasteiger partial charge in [0, 0.05) is 25.7 Å². The Bertz CT molecular complexity index is 1350. The van der Waals surface area contributed by atoms with Crippen LogP contribution in [-0.2, 0) is 52.3 Å². The van der Waals surface area contributed by atoms with E-state index >= 15 is 0 Å². The number of quaternary nitrogens is 1. The van der Waals surface area contributed by atoms with Crippen molar-refractivity contribution < 1.29 is 92.7 Å². The van der Waals surface area contributed by atoms with Gasteiger partial charge in [0.25, 0.3) is 0 Å². The molecule has 11 atom stereocenters. The molecule has 5 unspecified atom stereocenters. The van der Waals surface area contributed by atoms with Gasteiger partial charge in [-0.05, 0) is 91.6 Å². The number of amides is 1. The second-order valence-electron chi connectivity index (χ2n) is 17.5. The average molecular weight is 940 g/mol. The molecule has 2 rings (SSSR count). The zero-order valence-electron chi connectivity index (χ0n) is 39.9. The first-order valence-electron chi connectivity index (χ1n) is 23.7. The molecule has 2 fully saturated rings. The van der Waals surface area contributed by atoms with Crippen molar-refractivity contribution in [2.45, 2.75) is 218 Å². The Morgan fingerprint density at radius 3 is 1.34 bits per heavy atom. The van der Waals surface area contributed by atoms with E-state index in [1.807, 2.05) is 20.8 Å². The summed E-state index contributed by atoms with van der Waals surface area (Å²) in [5.74, 6) is -2.41. The summed E-state index contributed by atoms with van der Waals surface area (Å²) in [6.45, 7) is 15.3. The van der Waals surface area contributed by atoms with Gasteiger partial charge in [-0.1, -0.05) is 47.0 Å². The second kappa shape index (κ2) is 33.4. The van der Waals surface area contributed by atoms with E-state index in [0.717, 1.165) is 56.5 Å². The number of carbonyl (C=O) groups excluding carboxylic acids is 5. The van der Waals surface area contributed by atoms with Crippen LogP contribution >= 0.6 is 0 Å². The van der Waals surface area contributed by atoms with Crippen LogP contribution in [0.25, 0.3) is 0 Å². The predicted octanol–water partition coefficient (Wildman–Crippen LogP) is 1.49. The fourth-order valence-electron chi connectivity index (χ4n) is 6.86. The fourth-order valence-corrected chi connectivity index (χ4v) is 6.86. The molecule has 0 aromatic carbocycles. The molecule has 2 saturated heterocycles. The maximum atomic E-state index is 12.5. The van der Waals surface area contributed by atoms with E-state index in [1.165, 1.54) is 0 Å². The summed E-state index contributed by atoms with van der Waals surface area (Å²) in [7, 11) is 0. The SMILES string of the molecule is CCCCNCCCCCC(=O)OC1[C@H](O)OC(CO)[C@@H](O)[C@@H]1OC(=O)CCC.CCCC[NH+](CCCCCC(=O)OC1[C@H](O)OC(CO)[C@@H](O)[C@@H]1OC(=O)CCC)C(=O)OC(C)(C)C. The quantitative estimate of drug-likeness (QED) is 0.0313. The van der Waals surface area contributed by atoms with E-state index in [1.54, 1.807) is 13.8 Å². The molecule has 0 aromatic rings. The Balaban J connectivity index is 0.000000665. The first kappa shape index (κ1) is 60.0. The highest BCUT2D eigenvalue weighted by Crippen LogP contribution is 2.27. The number of nitrogens with one attached hydrogen (secondary N) is 2. The molecule has 0 saturated carbocycles. The van der Waals surface area contributed by atoms with Gasteiger partial charge in [0.1, 0.15) is 30.0 Å². The Labute approximate surface area is 384 Å². The van der Waals surface area contributed by atoms with Gasteiger partial charge in [-0.2, -0.15) is 4.79 Å². The smallest absolute Gasteiger partial charge is 0.455 e. The van der Waals surface area contributed by atoms with Gasteiger partial charge in [0.05, 0.1) is 26.3 Å². The third-order valence-corrected chi connectivity index (χ3v) is 10.4. The lowest BCUT2D eigenvalue weighted by Crippen LogP contribution is -3.14. The van der Waals surface area contributed by atoms with Crippen LogP contribution < -0.4 is 10.2 Å². The van der Waals surface area contributed by atoms with E-state index in [9.17, 15) is 54.6 Å². The Hall–Kier alpha value is -3.05. The molecule has 2 aliphatic rings. The first-order chi connectivity index (χ1) is 30.9. The van der Waals surface area contributed by atoms with Crippen LogP contribution in [0.1, 0.15) is 151 Å². The van der Waals surface area contributed by atoms with Gasteiger partial charge in [-0.15, -0.1) is 0 Å². The second-order valence-corrected chi connectivity index (χ2v) is 17.5. The molecule has 20 nitrogen and oxygen atoms in total. The summed E-state index contributed by atoms with van der Waals surface area (Å²) < 4.78 is 36.8. The van der Waals surface area contributed by atoms with Crippen LogP contribution in [0.4, 0.5) is 4.79 Å². The van der Waals surface area contributed by atoms with Crippen LogP contribution in [0.5, 0.6) is 0 Å². The number of esters is 4. The van der Waals surface area contributed by atoms with E-state index < -0.39 is 104 Å². The Morgan fingerprint density at radius 1 is 0.523 bits per heavy atom. The highest BCUT2D eigenvalue weighted by atomic mass is 16.7. The van der Waals surface area contributed by atoms with Gasteiger partial charge in [-0.25, -0.2) is 4.90 Å². The lowest BCUT2D eigenvalue weighted by Gasteiger charge is -2.41. The summed E-state index contributed by atoms with van der Waals surface area (Å²) in [5.41, 5.74) is -0.556. The van der Waals surface area contributed by atoms with Crippen molar-refractivity contribution in [1.29, 1.82) is 0 Å². The van der Waals surface area contributed by atoms with Gasteiger partial charge < -0.3 is 69.1 Å². The normalized spacial score (nSPS) is 25.9. The van der Waals surface area contributed by atoms with Crippen LogP contribution in [0.3, 0.4) is 0 Å². The van der Waals surface area contributed by atoms with E-state index in [-0.39, 0.29) is 31.8 Å². The molecule has 8 N–H and O–H groups in total. The molecule has 0 radical (unpaired) electrons. The van der Waals surface area contributed by atoms with Crippen molar-refractivity contribution in [3.63, 3.8) is 0 Å². The van der Waals surface area contributed by atoms with Crippen LogP contribution in [0.15, 0.2) is 0 Å². The summed E-state index contributed by atoms with van der Waals surface area (Å²) >= 11 is 0. The van der Waals surface area contributed by atoms with Crippen LogP contribution in [0.2, 0.25) is 0 Å². The van der Waals surface area contributed by atoms with Crippen molar-refractivity contribution in [2.24, 2.45) is 0 Å². The van der Waals surface area contributed by atoms with Crippen molar-refractivity contribution in [2.75, 3.05) is 39.4 Å². The molecule has 0 aliphatic carbocycles. The van der Waals surface area contributed by atoms with Gasteiger partial charge in [-0.3, -0.25) is 19.2 Å². The van der Waals surface area contributed by atoms with E-state index in [2.05, 4.69) is 19.2 Å². The minimum Gasteiger partial charge on any atom is -0.455 e. The molecule has 2 aliphatic heterocycles. The monoisotopic (exact) mass is 940 g/mol. The largest absolute Gasteiger partial charge is 0.514 e. The molecule has 0 aromatic heterocycles. The number of rotatable bonds is 28. The fraction of sp³-hybridized carbons (Fsp3) is 0.889. The molecule has 0 spiro atoms. The number of hydrogen-bond donors (Lipinski definition) is 8. The third kappa shape index (κ3) is 24.0. The summed E-state index contributed by atoms with van der Waals surface area (Å²) in [5, 5.41) is 63.1. The molecule has 20 heteroatoms. The predicted molar refractivity (Wildman–Crippen MR) is 234 cm³/mol. The minimum atomic E-state index is -1.67. The Morgan fingerprint density at radius 2 is 0.923 bits per heavy atom.